The van der Waals surface area contributed by atoms with E-state index >= 15 is 0 Å². The van der Waals surface area contributed by atoms with Crippen molar-refractivity contribution in [2.24, 2.45) is 5.92 Å². The number of benzene rings is 1. The molecular formula is C15H22ClFN2. The van der Waals surface area contributed by atoms with E-state index in [4.69, 9.17) is 11.6 Å². The third kappa shape index (κ3) is 3.61. The summed E-state index contributed by atoms with van der Waals surface area (Å²) in [6.07, 6.45) is 2.20. The molecule has 4 heteroatoms. The van der Waals surface area contributed by atoms with E-state index in [1.165, 1.54) is 6.07 Å². The normalized spacial score (nSPS) is 23.7. The summed E-state index contributed by atoms with van der Waals surface area (Å²) in [5.41, 5.74) is 0.633. The first-order valence-corrected chi connectivity index (χ1v) is 7.43. The predicted octanol–water partition coefficient (Wildman–Crippen LogP) is 3.69. The summed E-state index contributed by atoms with van der Waals surface area (Å²) in [5, 5.41) is 4.17. The molecule has 0 spiro atoms. The summed E-state index contributed by atoms with van der Waals surface area (Å²) < 4.78 is 13.9. The molecule has 0 amide bonds. The highest BCUT2D eigenvalue weighted by atomic mass is 35.5. The summed E-state index contributed by atoms with van der Waals surface area (Å²) >= 11 is 5.96. The van der Waals surface area contributed by atoms with Crippen LogP contribution in [0.2, 0.25) is 5.02 Å². The smallest absolute Gasteiger partial charge is 0.146 e. The highest BCUT2D eigenvalue weighted by Gasteiger charge is 2.26. The molecule has 1 aliphatic heterocycles. The Morgan fingerprint density at radius 2 is 2.26 bits per heavy atom. The molecule has 1 N–H and O–H groups in total. The minimum absolute atomic E-state index is 0.184. The molecule has 19 heavy (non-hydrogen) atoms. The van der Waals surface area contributed by atoms with Crippen molar-refractivity contribution in [1.29, 1.82) is 0 Å². The van der Waals surface area contributed by atoms with Gasteiger partial charge in [0.2, 0.25) is 0 Å². The first-order chi connectivity index (χ1) is 9.11. The van der Waals surface area contributed by atoms with Crippen LogP contribution < -0.4 is 10.2 Å². The molecule has 1 aliphatic rings. The van der Waals surface area contributed by atoms with E-state index in [2.05, 4.69) is 24.1 Å². The summed E-state index contributed by atoms with van der Waals surface area (Å²) in [6.45, 7) is 7.21. The van der Waals surface area contributed by atoms with Gasteiger partial charge in [-0.3, -0.25) is 0 Å². The van der Waals surface area contributed by atoms with Crippen LogP contribution >= 0.6 is 11.6 Å². The molecule has 0 aliphatic carbocycles. The van der Waals surface area contributed by atoms with Crippen molar-refractivity contribution in [3.05, 3.63) is 29.0 Å². The first kappa shape index (κ1) is 14.6. The van der Waals surface area contributed by atoms with Gasteiger partial charge in [-0.05, 0) is 43.5 Å². The van der Waals surface area contributed by atoms with Crippen molar-refractivity contribution in [2.75, 3.05) is 24.5 Å². The molecule has 2 nitrogen and oxygen atoms in total. The number of anilines is 1. The van der Waals surface area contributed by atoms with Gasteiger partial charge in [-0.15, -0.1) is 0 Å². The topological polar surface area (TPSA) is 15.3 Å². The van der Waals surface area contributed by atoms with Crippen LogP contribution in [-0.4, -0.2) is 25.7 Å². The van der Waals surface area contributed by atoms with Crippen molar-refractivity contribution < 1.29 is 4.39 Å². The maximum atomic E-state index is 13.9. The number of piperidine rings is 1. The number of hydrogen-bond acceptors (Lipinski definition) is 2. The van der Waals surface area contributed by atoms with Gasteiger partial charge in [0.25, 0.3) is 0 Å². The van der Waals surface area contributed by atoms with Crippen LogP contribution in [0.15, 0.2) is 18.2 Å². The van der Waals surface area contributed by atoms with Crippen LogP contribution in [0.25, 0.3) is 0 Å². The Labute approximate surface area is 119 Å². The van der Waals surface area contributed by atoms with E-state index in [9.17, 15) is 4.39 Å². The monoisotopic (exact) mass is 284 g/mol. The van der Waals surface area contributed by atoms with E-state index < -0.39 is 0 Å². The maximum Gasteiger partial charge on any atom is 0.146 e. The lowest BCUT2D eigenvalue weighted by atomic mass is 9.93. The van der Waals surface area contributed by atoms with Crippen LogP contribution in [-0.2, 0) is 0 Å². The largest absolute Gasteiger partial charge is 0.369 e. The molecule has 2 rings (SSSR count). The molecule has 1 saturated heterocycles. The standard InChI is InChI=1S/C15H22ClFN2/c1-3-7-18-14-6-8-19(10-11(14)2)15-9-12(16)4-5-13(15)17/h4-5,9,11,14,18H,3,6-8,10H2,1-2H3. The fourth-order valence-corrected chi connectivity index (χ4v) is 2.89. The molecule has 0 bridgehead atoms. The lowest BCUT2D eigenvalue weighted by molar-refractivity contribution is 0.321. The predicted molar refractivity (Wildman–Crippen MR) is 79.5 cm³/mol. The Morgan fingerprint density at radius 1 is 1.47 bits per heavy atom. The zero-order chi connectivity index (χ0) is 13.8. The maximum absolute atomic E-state index is 13.9. The molecule has 1 fully saturated rings. The Balaban J connectivity index is 2.03. The Kier molecular flexibility index (Phi) is 5.06. The van der Waals surface area contributed by atoms with Crippen LogP contribution in [0.3, 0.4) is 0 Å². The second-order valence-electron chi connectivity index (χ2n) is 5.37. The third-order valence-corrected chi connectivity index (χ3v) is 4.05. The number of rotatable bonds is 4. The molecule has 1 heterocycles. The van der Waals surface area contributed by atoms with Crippen molar-refractivity contribution in [2.45, 2.75) is 32.7 Å². The highest BCUT2D eigenvalue weighted by Crippen LogP contribution is 2.28. The fourth-order valence-electron chi connectivity index (χ4n) is 2.73. The van der Waals surface area contributed by atoms with Crippen LogP contribution in [0.1, 0.15) is 26.7 Å². The third-order valence-electron chi connectivity index (χ3n) is 3.81. The summed E-state index contributed by atoms with van der Waals surface area (Å²) in [7, 11) is 0. The quantitative estimate of drug-likeness (QED) is 0.907. The number of halogens is 2. The highest BCUT2D eigenvalue weighted by molar-refractivity contribution is 6.30. The number of nitrogens with zero attached hydrogens (tertiary/aromatic N) is 1. The molecule has 0 aromatic heterocycles. The van der Waals surface area contributed by atoms with E-state index in [1.54, 1.807) is 12.1 Å². The molecule has 106 valence electrons. The first-order valence-electron chi connectivity index (χ1n) is 7.05. The van der Waals surface area contributed by atoms with Crippen molar-refractivity contribution in [3.63, 3.8) is 0 Å². The lowest BCUT2D eigenvalue weighted by Gasteiger charge is -2.39. The van der Waals surface area contributed by atoms with E-state index in [0.717, 1.165) is 32.5 Å². The molecule has 2 atom stereocenters. The van der Waals surface area contributed by atoms with Gasteiger partial charge in [0, 0.05) is 24.2 Å². The molecule has 2 unspecified atom stereocenters. The summed E-state index contributed by atoms with van der Waals surface area (Å²) in [4.78, 5) is 2.11. The van der Waals surface area contributed by atoms with Crippen LogP contribution in [0, 0.1) is 11.7 Å². The number of nitrogens with one attached hydrogen (secondary N) is 1. The number of hydrogen-bond donors (Lipinski definition) is 1. The summed E-state index contributed by atoms with van der Waals surface area (Å²) in [6, 6.07) is 5.31. The van der Waals surface area contributed by atoms with Crippen molar-refractivity contribution >= 4 is 17.3 Å². The van der Waals surface area contributed by atoms with Crippen molar-refractivity contribution in [3.8, 4) is 0 Å². The van der Waals surface area contributed by atoms with E-state index in [1.807, 2.05) is 0 Å². The second kappa shape index (κ2) is 6.58. The minimum atomic E-state index is -0.184. The van der Waals surface area contributed by atoms with Crippen LogP contribution in [0.4, 0.5) is 10.1 Å². The van der Waals surface area contributed by atoms with E-state index in [0.29, 0.717) is 22.7 Å². The average Bonchev–Trinajstić information content (AvgIpc) is 2.40. The van der Waals surface area contributed by atoms with Crippen molar-refractivity contribution in [1.82, 2.24) is 5.32 Å². The summed E-state index contributed by atoms with van der Waals surface area (Å²) in [5.74, 6) is 0.329. The molecule has 1 aromatic rings. The van der Waals surface area contributed by atoms with Gasteiger partial charge < -0.3 is 10.2 Å². The molecule has 0 saturated carbocycles. The average molecular weight is 285 g/mol. The zero-order valence-corrected chi connectivity index (χ0v) is 12.4. The van der Waals surface area contributed by atoms with Crippen LogP contribution in [0.5, 0.6) is 0 Å². The lowest BCUT2D eigenvalue weighted by Crippen LogP contribution is -2.48. The fraction of sp³-hybridized carbons (Fsp3) is 0.600. The van der Waals surface area contributed by atoms with Gasteiger partial charge in [0.1, 0.15) is 5.82 Å². The SMILES string of the molecule is CCCNC1CCN(c2cc(Cl)ccc2F)CC1C. The second-order valence-corrected chi connectivity index (χ2v) is 5.80. The van der Waals surface area contributed by atoms with Gasteiger partial charge in [0.05, 0.1) is 5.69 Å². The zero-order valence-electron chi connectivity index (χ0n) is 11.6. The Hall–Kier alpha value is -0.800. The molecule has 1 aromatic carbocycles. The molecule has 0 radical (unpaired) electrons. The van der Waals surface area contributed by atoms with Gasteiger partial charge in [-0.2, -0.15) is 0 Å². The van der Waals surface area contributed by atoms with Gasteiger partial charge in [0.15, 0.2) is 0 Å². The van der Waals surface area contributed by atoms with Gasteiger partial charge in [-0.1, -0.05) is 25.4 Å². The Bertz CT molecular complexity index is 425. The van der Waals surface area contributed by atoms with Gasteiger partial charge in [-0.25, -0.2) is 4.39 Å². The molecular weight excluding hydrogens is 263 g/mol. The van der Waals surface area contributed by atoms with Gasteiger partial charge >= 0.3 is 0 Å². The van der Waals surface area contributed by atoms with E-state index in [-0.39, 0.29) is 5.82 Å². The Morgan fingerprint density at radius 3 is 2.95 bits per heavy atom. The minimum Gasteiger partial charge on any atom is -0.369 e.